The van der Waals surface area contributed by atoms with Crippen LogP contribution in [0.1, 0.15) is 16.1 Å². The van der Waals surface area contributed by atoms with Gasteiger partial charge in [0.05, 0.1) is 21.8 Å². The topological polar surface area (TPSA) is 114 Å². The van der Waals surface area contributed by atoms with Crippen molar-refractivity contribution in [3.63, 3.8) is 0 Å². The monoisotopic (exact) mass is 489 g/mol. The van der Waals surface area contributed by atoms with Crippen LogP contribution in [-0.2, 0) is 15.6 Å². The summed E-state index contributed by atoms with van der Waals surface area (Å²) >= 11 is 5.89. The summed E-state index contributed by atoms with van der Waals surface area (Å²) < 4.78 is 30.8. The standard InChI is InChI=1S/C22H20ClN3O6S/c23-17-6-7-19(20(14-17)26(28)29)24-9-11-25(12-10-24)22(27)21-16(8-13-32-21)15-33(30,31)18-4-2-1-3-5-18/h1-8,13-14H,9-12,15H2. The minimum atomic E-state index is -3.64. The fourth-order valence-corrected chi connectivity index (χ4v) is 5.30. The molecule has 2 aromatic carbocycles. The van der Waals surface area contributed by atoms with Crippen LogP contribution in [0.4, 0.5) is 11.4 Å². The molecule has 172 valence electrons. The van der Waals surface area contributed by atoms with E-state index in [2.05, 4.69) is 0 Å². The molecule has 0 spiro atoms. The molecule has 1 aliphatic rings. The Balaban J connectivity index is 1.47. The van der Waals surface area contributed by atoms with Gasteiger partial charge in [0.1, 0.15) is 5.69 Å². The Kier molecular flexibility index (Phi) is 6.39. The highest BCUT2D eigenvalue weighted by molar-refractivity contribution is 7.90. The first kappa shape index (κ1) is 22.8. The third kappa shape index (κ3) is 4.86. The second-order valence-corrected chi connectivity index (χ2v) is 9.94. The van der Waals surface area contributed by atoms with Crippen LogP contribution in [0.3, 0.4) is 0 Å². The number of hydrogen-bond acceptors (Lipinski definition) is 7. The highest BCUT2D eigenvalue weighted by atomic mass is 35.5. The predicted octanol–water partition coefficient (Wildman–Crippen LogP) is 3.78. The van der Waals surface area contributed by atoms with E-state index in [1.165, 1.54) is 30.5 Å². The Bertz CT molecular complexity index is 1280. The Hall–Kier alpha value is -3.37. The Labute approximate surface area is 195 Å². The van der Waals surface area contributed by atoms with Gasteiger partial charge in [0.15, 0.2) is 15.6 Å². The summed E-state index contributed by atoms with van der Waals surface area (Å²) in [6.45, 7) is 1.33. The van der Waals surface area contributed by atoms with Crippen molar-refractivity contribution in [2.45, 2.75) is 10.6 Å². The molecule has 1 saturated heterocycles. The third-order valence-electron chi connectivity index (χ3n) is 5.43. The quantitative estimate of drug-likeness (QED) is 0.382. The van der Waals surface area contributed by atoms with Crippen LogP contribution in [0.5, 0.6) is 0 Å². The van der Waals surface area contributed by atoms with Gasteiger partial charge in [-0.2, -0.15) is 0 Å². The summed E-state index contributed by atoms with van der Waals surface area (Å²) in [4.78, 5) is 27.5. The van der Waals surface area contributed by atoms with Gasteiger partial charge in [-0.3, -0.25) is 14.9 Å². The van der Waals surface area contributed by atoms with E-state index in [0.717, 1.165) is 0 Å². The number of nitro benzene ring substituents is 1. The number of rotatable bonds is 6. The molecule has 0 aliphatic carbocycles. The molecule has 11 heteroatoms. The number of carbonyl (C=O) groups is 1. The number of hydrogen-bond donors (Lipinski definition) is 0. The molecule has 9 nitrogen and oxygen atoms in total. The van der Waals surface area contributed by atoms with Gasteiger partial charge >= 0.3 is 0 Å². The van der Waals surface area contributed by atoms with Gasteiger partial charge in [-0.05, 0) is 30.3 Å². The number of nitrogens with zero attached hydrogens (tertiary/aromatic N) is 3. The Morgan fingerprint density at radius 2 is 1.76 bits per heavy atom. The smallest absolute Gasteiger partial charge is 0.294 e. The average Bonchev–Trinajstić information content (AvgIpc) is 3.26. The van der Waals surface area contributed by atoms with Crippen LogP contribution in [0.2, 0.25) is 5.02 Å². The number of carbonyl (C=O) groups excluding carboxylic acids is 1. The molecule has 0 saturated carbocycles. The molecule has 33 heavy (non-hydrogen) atoms. The number of furan rings is 1. The van der Waals surface area contributed by atoms with E-state index in [1.54, 1.807) is 35.2 Å². The number of sulfone groups is 1. The van der Waals surface area contributed by atoms with Crippen molar-refractivity contribution in [1.29, 1.82) is 0 Å². The van der Waals surface area contributed by atoms with Crippen LogP contribution in [0, 0.1) is 10.1 Å². The van der Waals surface area contributed by atoms with Crippen molar-refractivity contribution in [3.05, 3.63) is 87.3 Å². The molecule has 1 aromatic heterocycles. The van der Waals surface area contributed by atoms with E-state index >= 15 is 0 Å². The van der Waals surface area contributed by atoms with Crippen molar-refractivity contribution in [2.24, 2.45) is 0 Å². The SMILES string of the molecule is O=C(c1occc1CS(=O)(=O)c1ccccc1)N1CCN(c2ccc(Cl)cc2[N+](=O)[O-])CC1. The zero-order valence-corrected chi connectivity index (χ0v) is 19.0. The highest BCUT2D eigenvalue weighted by Crippen LogP contribution is 2.32. The van der Waals surface area contributed by atoms with Crippen molar-refractivity contribution < 1.29 is 22.6 Å². The Morgan fingerprint density at radius 1 is 1.06 bits per heavy atom. The first-order valence-electron chi connectivity index (χ1n) is 10.1. The molecule has 0 N–H and O–H groups in total. The number of halogens is 1. The summed E-state index contributed by atoms with van der Waals surface area (Å²) in [5.41, 5.74) is 0.630. The van der Waals surface area contributed by atoms with Gasteiger partial charge in [-0.25, -0.2) is 8.42 Å². The number of anilines is 1. The van der Waals surface area contributed by atoms with E-state index in [9.17, 15) is 23.3 Å². The van der Waals surface area contributed by atoms with Gasteiger partial charge in [0, 0.05) is 42.8 Å². The molecule has 1 amide bonds. The molecule has 4 rings (SSSR count). The average molecular weight is 490 g/mol. The lowest BCUT2D eigenvalue weighted by Crippen LogP contribution is -2.49. The molecule has 0 radical (unpaired) electrons. The summed E-state index contributed by atoms with van der Waals surface area (Å²) in [7, 11) is -3.64. The number of piperazine rings is 1. The summed E-state index contributed by atoms with van der Waals surface area (Å²) in [6.07, 6.45) is 1.30. The van der Waals surface area contributed by atoms with Crippen molar-refractivity contribution in [2.75, 3.05) is 31.1 Å². The fraction of sp³-hybridized carbons (Fsp3) is 0.227. The molecular formula is C22H20ClN3O6S. The molecule has 0 bridgehead atoms. The lowest BCUT2D eigenvalue weighted by atomic mass is 10.2. The first-order chi connectivity index (χ1) is 15.8. The second kappa shape index (κ2) is 9.24. The summed E-state index contributed by atoms with van der Waals surface area (Å²) in [6, 6.07) is 14.0. The zero-order chi connectivity index (χ0) is 23.6. The molecule has 3 aromatic rings. The van der Waals surface area contributed by atoms with E-state index in [-0.39, 0.29) is 27.1 Å². The maximum absolute atomic E-state index is 13.1. The minimum absolute atomic E-state index is 0.0135. The third-order valence-corrected chi connectivity index (χ3v) is 7.35. The number of nitro groups is 1. The second-order valence-electron chi connectivity index (χ2n) is 7.52. The van der Waals surface area contributed by atoms with Gasteiger partial charge < -0.3 is 14.2 Å². The zero-order valence-electron chi connectivity index (χ0n) is 17.4. The summed E-state index contributed by atoms with van der Waals surface area (Å²) in [5.74, 6) is -0.783. The van der Waals surface area contributed by atoms with E-state index < -0.39 is 20.7 Å². The van der Waals surface area contributed by atoms with Crippen molar-refractivity contribution >= 4 is 38.7 Å². The van der Waals surface area contributed by atoms with Gasteiger partial charge in [-0.1, -0.05) is 29.8 Å². The van der Waals surface area contributed by atoms with E-state index in [4.69, 9.17) is 16.0 Å². The molecular weight excluding hydrogens is 470 g/mol. The van der Waals surface area contributed by atoms with Gasteiger partial charge in [0.2, 0.25) is 0 Å². The lowest BCUT2D eigenvalue weighted by Gasteiger charge is -2.35. The van der Waals surface area contributed by atoms with Crippen molar-refractivity contribution in [3.8, 4) is 0 Å². The molecule has 1 aliphatic heterocycles. The van der Waals surface area contributed by atoms with Gasteiger partial charge in [0.25, 0.3) is 11.6 Å². The van der Waals surface area contributed by atoms with Crippen LogP contribution in [-0.4, -0.2) is 50.3 Å². The molecule has 0 unspecified atom stereocenters. The number of amides is 1. The maximum atomic E-state index is 13.1. The van der Waals surface area contributed by atoms with Crippen LogP contribution < -0.4 is 4.90 Å². The molecule has 1 fully saturated rings. The number of benzene rings is 2. The lowest BCUT2D eigenvalue weighted by molar-refractivity contribution is -0.384. The molecule has 2 heterocycles. The summed E-state index contributed by atoms with van der Waals surface area (Å²) in [5, 5.41) is 11.7. The van der Waals surface area contributed by atoms with Crippen molar-refractivity contribution in [1.82, 2.24) is 4.90 Å². The van der Waals surface area contributed by atoms with Crippen LogP contribution >= 0.6 is 11.6 Å². The normalized spacial score (nSPS) is 14.3. The van der Waals surface area contributed by atoms with Crippen LogP contribution in [0.15, 0.2) is 70.2 Å². The van der Waals surface area contributed by atoms with E-state index in [1.807, 2.05) is 4.90 Å². The highest BCUT2D eigenvalue weighted by Gasteiger charge is 2.30. The Morgan fingerprint density at radius 3 is 2.42 bits per heavy atom. The molecule has 0 atom stereocenters. The first-order valence-corrected chi connectivity index (χ1v) is 12.1. The predicted molar refractivity (Wildman–Crippen MR) is 122 cm³/mol. The fourth-order valence-electron chi connectivity index (χ4n) is 3.76. The maximum Gasteiger partial charge on any atom is 0.294 e. The van der Waals surface area contributed by atoms with Crippen LogP contribution in [0.25, 0.3) is 0 Å². The minimum Gasteiger partial charge on any atom is -0.459 e. The van der Waals surface area contributed by atoms with E-state index in [0.29, 0.717) is 37.4 Å². The largest absolute Gasteiger partial charge is 0.459 e. The van der Waals surface area contributed by atoms with Gasteiger partial charge in [-0.15, -0.1) is 0 Å².